The van der Waals surface area contributed by atoms with Crippen LogP contribution in [0.25, 0.3) is 0 Å². The van der Waals surface area contributed by atoms with E-state index in [1.54, 1.807) is 0 Å². The third kappa shape index (κ3) is 2.40. The Morgan fingerprint density at radius 2 is 2.21 bits per heavy atom. The number of ether oxygens (including phenoxy) is 2. The first-order valence-corrected chi connectivity index (χ1v) is 9.03. The summed E-state index contributed by atoms with van der Waals surface area (Å²) < 4.78 is 11.1. The van der Waals surface area contributed by atoms with Gasteiger partial charge in [-0.1, -0.05) is 24.3 Å². The predicted octanol–water partition coefficient (Wildman–Crippen LogP) is 2.58. The molecule has 0 radical (unpaired) electrons. The van der Waals surface area contributed by atoms with Gasteiger partial charge in [0.15, 0.2) is 0 Å². The van der Waals surface area contributed by atoms with Crippen molar-refractivity contribution in [3.05, 3.63) is 24.3 Å². The van der Waals surface area contributed by atoms with Crippen molar-refractivity contribution in [2.24, 2.45) is 5.41 Å². The highest BCUT2D eigenvalue weighted by Crippen LogP contribution is 2.48. The van der Waals surface area contributed by atoms with Crippen molar-refractivity contribution >= 4 is 6.09 Å². The van der Waals surface area contributed by atoms with Crippen molar-refractivity contribution in [3.63, 3.8) is 0 Å². The first-order valence-electron chi connectivity index (χ1n) is 9.03. The van der Waals surface area contributed by atoms with Crippen molar-refractivity contribution in [2.45, 2.75) is 44.2 Å². The Labute approximate surface area is 144 Å². The molecule has 24 heavy (non-hydrogen) atoms. The second kappa shape index (κ2) is 5.60. The highest BCUT2D eigenvalue weighted by molar-refractivity contribution is 5.69. The first kappa shape index (κ1) is 16.2. The fourth-order valence-electron chi connectivity index (χ4n) is 5.07. The van der Waals surface area contributed by atoms with Gasteiger partial charge in [-0.3, -0.25) is 4.90 Å². The van der Waals surface area contributed by atoms with E-state index in [-0.39, 0.29) is 23.1 Å². The lowest BCUT2D eigenvalue weighted by atomic mass is 9.80. The summed E-state index contributed by atoms with van der Waals surface area (Å²) in [5.74, 6) is 0. The molecule has 132 valence electrons. The van der Waals surface area contributed by atoms with Gasteiger partial charge in [0.25, 0.3) is 0 Å². The molecule has 2 unspecified atom stereocenters. The second-order valence-corrected chi connectivity index (χ2v) is 8.29. The van der Waals surface area contributed by atoms with Crippen molar-refractivity contribution in [1.29, 1.82) is 0 Å². The molecule has 4 heterocycles. The molecule has 4 saturated heterocycles. The third-order valence-corrected chi connectivity index (χ3v) is 6.51. The molecule has 4 rings (SSSR count). The third-order valence-electron chi connectivity index (χ3n) is 6.51. The first-order chi connectivity index (χ1) is 11.4. The molecule has 1 spiro atoms. The number of fused-ring (bicyclic) bond motifs is 1. The molecule has 0 aromatic carbocycles. The molecular weight excluding hydrogens is 304 g/mol. The number of carbonyl (C=O) groups excluding carboxylic acids is 1. The Bertz CT molecular complexity index is 573. The molecule has 4 aliphatic heterocycles. The van der Waals surface area contributed by atoms with Gasteiger partial charge in [0.1, 0.15) is 6.61 Å². The van der Waals surface area contributed by atoms with Gasteiger partial charge >= 0.3 is 6.09 Å². The van der Waals surface area contributed by atoms with Gasteiger partial charge < -0.3 is 14.4 Å². The maximum Gasteiger partial charge on any atom is 0.409 e. The summed E-state index contributed by atoms with van der Waals surface area (Å²) in [4.78, 5) is 16.6. The number of likely N-dealkylation sites (tertiary alicyclic amines) is 1. The molecule has 0 aromatic rings. The molecule has 4 aliphatic rings. The maximum atomic E-state index is 12.3. The van der Waals surface area contributed by atoms with Gasteiger partial charge in [-0.25, -0.2) is 4.79 Å². The average molecular weight is 332 g/mol. The molecule has 4 fully saturated rings. The number of rotatable bonds is 3. The minimum atomic E-state index is -0.168. The smallest absolute Gasteiger partial charge is 0.409 e. The molecule has 0 N–H and O–H groups in total. The Kier molecular flexibility index (Phi) is 3.77. The molecule has 5 nitrogen and oxygen atoms in total. The quantitative estimate of drug-likeness (QED) is 0.745. The van der Waals surface area contributed by atoms with Crippen LogP contribution in [-0.4, -0.2) is 66.9 Å². The van der Waals surface area contributed by atoms with Gasteiger partial charge in [-0.2, -0.15) is 0 Å². The van der Waals surface area contributed by atoms with Gasteiger partial charge in [0.05, 0.1) is 6.61 Å². The lowest BCUT2D eigenvalue weighted by Gasteiger charge is -2.46. The zero-order valence-electron chi connectivity index (χ0n) is 14.7. The van der Waals surface area contributed by atoms with Gasteiger partial charge in [0.2, 0.25) is 0 Å². The monoisotopic (exact) mass is 332 g/mol. The Hall–Kier alpha value is -1.33. The van der Waals surface area contributed by atoms with E-state index < -0.39 is 0 Å². The van der Waals surface area contributed by atoms with E-state index in [9.17, 15) is 4.79 Å². The summed E-state index contributed by atoms with van der Waals surface area (Å²) in [6.07, 6.45) is 4.05. The normalized spacial score (nSPS) is 34.5. The summed E-state index contributed by atoms with van der Waals surface area (Å²) in [6.45, 7) is 15.1. The topological polar surface area (TPSA) is 42.0 Å². The van der Waals surface area contributed by atoms with E-state index in [0.29, 0.717) is 6.61 Å². The average Bonchev–Trinajstić information content (AvgIpc) is 3.17. The van der Waals surface area contributed by atoms with E-state index in [4.69, 9.17) is 9.47 Å². The number of carbonyl (C=O) groups is 1. The molecule has 0 aromatic heterocycles. The van der Waals surface area contributed by atoms with Crippen LogP contribution in [0.4, 0.5) is 4.79 Å². The number of nitrogens with zero attached hydrogens (tertiary/aromatic N) is 2. The SMILES string of the molecule is C=C1CN2C(COC(=O)N3CC4(CCOC4)C3)CCC2(C(=C)C)C1. The minimum Gasteiger partial charge on any atom is -0.448 e. The summed E-state index contributed by atoms with van der Waals surface area (Å²) in [5, 5.41) is 0. The summed E-state index contributed by atoms with van der Waals surface area (Å²) in [7, 11) is 0. The molecule has 2 atom stereocenters. The number of amides is 1. The molecule has 0 saturated carbocycles. The van der Waals surface area contributed by atoms with Crippen molar-refractivity contribution in [2.75, 3.05) is 39.5 Å². The summed E-state index contributed by atoms with van der Waals surface area (Å²) in [5.41, 5.74) is 2.74. The Balaban J connectivity index is 1.31. The van der Waals surface area contributed by atoms with Crippen LogP contribution in [0.15, 0.2) is 24.3 Å². The fourth-order valence-corrected chi connectivity index (χ4v) is 5.07. The predicted molar refractivity (Wildman–Crippen MR) is 91.8 cm³/mol. The zero-order chi connectivity index (χ0) is 16.9. The Morgan fingerprint density at radius 1 is 1.42 bits per heavy atom. The Morgan fingerprint density at radius 3 is 2.88 bits per heavy atom. The van der Waals surface area contributed by atoms with Crippen molar-refractivity contribution < 1.29 is 14.3 Å². The molecule has 0 aliphatic carbocycles. The zero-order valence-corrected chi connectivity index (χ0v) is 14.7. The van der Waals surface area contributed by atoms with Crippen molar-refractivity contribution in [3.8, 4) is 0 Å². The van der Waals surface area contributed by atoms with E-state index >= 15 is 0 Å². The number of hydrogen-bond donors (Lipinski definition) is 0. The lowest BCUT2D eigenvalue weighted by Crippen LogP contribution is -2.59. The van der Waals surface area contributed by atoms with Crippen LogP contribution in [0.1, 0.15) is 32.6 Å². The highest BCUT2D eigenvalue weighted by Gasteiger charge is 2.52. The highest BCUT2D eigenvalue weighted by atomic mass is 16.6. The summed E-state index contributed by atoms with van der Waals surface area (Å²) in [6, 6.07) is 0.287. The van der Waals surface area contributed by atoms with Crippen LogP contribution in [0, 0.1) is 5.41 Å². The summed E-state index contributed by atoms with van der Waals surface area (Å²) >= 11 is 0. The molecule has 0 bridgehead atoms. The lowest BCUT2D eigenvalue weighted by molar-refractivity contribution is -0.0149. The van der Waals surface area contributed by atoms with Crippen LogP contribution in [-0.2, 0) is 9.47 Å². The van der Waals surface area contributed by atoms with Gasteiger partial charge in [-0.05, 0) is 32.6 Å². The fraction of sp³-hybridized carbons (Fsp3) is 0.737. The van der Waals surface area contributed by atoms with Gasteiger partial charge in [-0.15, -0.1) is 0 Å². The van der Waals surface area contributed by atoms with Crippen LogP contribution in [0.5, 0.6) is 0 Å². The van der Waals surface area contributed by atoms with E-state index in [1.807, 2.05) is 4.90 Å². The largest absolute Gasteiger partial charge is 0.448 e. The molecule has 5 heteroatoms. The van der Waals surface area contributed by atoms with E-state index in [1.165, 1.54) is 11.1 Å². The van der Waals surface area contributed by atoms with Crippen molar-refractivity contribution in [1.82, 2.24) is 9.80 Å². The van der Waals surface area contributed by atoms with Crippen LogP contribution >= 0.6 is 0 Å². The van der Waals surface area contributed by atoms with Crippen LogP contribution in [0.3, 0.4) is 0 Å². The minimum absolute atomic E-state index is 0.0517. The van der Waals surface area contributed by atoms with Crippen LogP contribution in [0.2, 0.25) is 0 Å². The number of hydrogen-bond acceptors (Lipinski definition) is 4. The second-order valence-electron chi connectivity index (χ2n) is 8.29. The van der Waals surface area contributed by atoms with E-state index in [0.717, 1.165) is 58.5 Å². The molecular formula is C19H28N2O3. The molecule has 1 amide bonds. The van der Waals surface area contributed by atoms with Gasteiger partial charge in [0, 0.05) is 43.2 Å². The maximum absolute atomic E-state index is 12.3. The van der Waals surface area contributed by atoms with E-state index in [2.05, 4.69) is 25.0 Å². The standard InChI is InChI=1S/C19H28N2O3/c1-14(2)19-5-4-16(21(19)9-15(3)8-19)10-24-17(22)20-11-18(12-20)6-7-23-13-18/h16H,1,3-13H2,2H3. The van der Waals surface area contributed by atoms with Crippen LogP contribution < -0.4 is 0 Å².